The molecule has 1 amide bonds. The molecule has 0 aliphatic heterocycles. The molecule has 21 heteroatoms. The summed E-state index contributed by atoms with van der Waals surface area (Å²) in [7, 11) is 2.73. The van der Waals surface area contributed by atoms with E-state index in [-0.39, 0.29) is 28.6 Å². The number of rotatable bonds is 7. The van der Waals surface area contributed by atoms with Gasteiger partial charge in [0.15, 0.2) is 21.7 Å². The molecule has 4 heterocycles. The van der Waals surface area contributed by atoms with Gasteiger partial charge in [-0.15, -0.1) is 0 Å². The maximum atomic E-state index is 13.6. The van der Waals surface area contributed by atoms with Crippen molar-refractivity contribution in [3.63, 3.8) is 0 Å². The lowest BCUT2D eigenvalue weighted by atomic mass is 10.2. The molecule has 268 valence electrons. The largest absolute Gasteiger partial charge is 0.435 e. The highest BCUT2D eigenvalue weighted by molar-refractivity contribution is 7.19. The number of anilines is 2. The fourth-order valence-electron chi connectivity index (χ4n) is 4.34. The predicted molar refractivity (Wildman–Crippen MR) is 167 cm³/mol. The average Bonchev–Trinajstić information content (AvgIpc) is 3.83. The van der Waals surface area contributed by atoms with Gasteiger partial charge in [0.1, 0.15) is 28.8 Å². The molecule has 2 N–H and O–H groups in total. The van der Waals surface area contributed by atoms with Crippen molar-refractivity contribution in [2.24, 2.45) is 14.1 Å². The first-order valence-corrected chi connectivity index (χ1v) is 15.6. The van der Waals surface area contributed by atoms with Crippen LogP contribution in [0.15, 0.2) is 60.9 Å². The van der Waals surface area contributed by atoms with Crippen molar-refractivity contribution >= 4 is 38.8 Å². The van der Waals surface area contributed by atoms with Gasteiger partial charge < -0.3 is 5.32 Å². The van der Waals surface area contributed by atoms with Crippen LogP contribution in [0.5, 0.6) is 0 Å². The fraction of sp³-hybridized carbons (Fsp3) is 0.167. The Hall–Kier alpha value is -5.31. The van der Waals surface area contributed by atoms with Crippen molar-refractivity contribution in [1.82, 2.24) is 29.5 Å². The van der Waals surface area contributed by atoms with Crippen LogP contribution in [0.3, 0.4) is 0 Å². The molecule has 51 heavy (non-hydrogen) atoms. The maximum Gasteiger partial charge on any atom is 0.435 e. The molecule has 0 unspecified atom stereocenters. The molecule has 0 saturated carbocycles. The number of amides is 1. The highest BCUT2D eigenvalue weighted by atomic mass is 32.1. The molecule has 4 aromatic heterocycles. The first-order chi connectivity index (χ1) is 23.9. The van der Waals surface area contributed by atoms with E-state index in [0.717, 1.165) is 74.5 Å². The van der Waals surface area contributed by atoms with Crippen molar-refractivity contribution in [2.75, 3.05) is 10.6 Å². The molecule has 0 bridgehead atoms. The van der Waals surface area contributed by atoms with E-state index in [1.807, 2.05) is 0 Å². The van der Waals surface area contributed by atoms with Crippen LogP contribution in [0.4, 0.5) is 54.2 Å². The van der Waals surface area contributed by atoms with Crippen molar-refractivity contribution in [2.45, 2.75) is 18.9 Å². The van der Waals surface area contributed by atoms with Gasteiger partial charge in [0.2, 0.25) is 0 Å². The van der Waals surface area contributed by atoms with Gasteiger partial charge in [0.05, 0.1) is 21.1 Å². The summed E-state index contributed by atoms with van der Waals surface area (Å²) >= 11 is 1.90. The van der Waals surface area contributed by atoms with E-state index in [1.165, 1.54) is 32.6 Å². The summed E-state index contributed by atoms with van der Waals surface area (Å²) < 4.78 is 133. The number of nitrogens with one attached hydrogen (secondary N) is 2. The average molecular weight is 763 g/mol. The van der Waals surface area contributed by atoms with E-state index in [9.17, 15) is 48.7 Å². The Morgan fingerprint density at radius 1 is 0.706 bits per heavy atom. The van der Waals surface area contributed by atoms with Gasteiger partial charge >= 0.3 is 12.4 Å². The zero-order valence-corrected chi connectivity index (χ0v) is 27.3. The molecule has 0 spiro atoms. The third-order valence-electron chi connectivity index (χ3n) is 6.75. The number of alkyl halides is 6. The van der Waals surface area contributed by atoms with Crippen molar-refractivity contribution in [1.29, 1.82) is 0 Å². The van der Waals surface area contributed by atoms with E-state index in [2.05, 4.69) is 30.8 Å². The summed E-state index contributed by atoms with van der Waals surface area (Å²) in [5.74, 6) is -4.51. The van der Waals surface area contributed by atoms with E-state index in [1.54, 1.807) is 0 Å². The number of hydrogen-bond acceptors (Lipinski definition) is 8. The van der Waals surface area contributed by atoms with E-state index in [4.69, 9.17) is 0 Å². The monoisotopic (exact) mass is 762 g/mol. The molecule has 0 radical (unpaired) electrons. The van der Waals surface area contributed by atoms with Crippen LogP contribution in [-0.4, -0.2) is 35.4 Å². The number of halogens is 10. The van der Waals surface area contributed by atoms with E-state index >= 15 is 0 Å². The Morgan fingerprint density at radius 3 is 1.59 bits per heavy atom. The summed E-state index contributed by atoms with van der Waals surface area (Å²) in [6, 6.07) is 8.28. The van der Waals surface area contributed by atoms with Crippen LogP contribution in [-0.2, 0) is 33.0 Å². The standard InChI is InChI=1S/C15H9F5N4OS.C15H11F5N4S/c1-24-9(5-11(23-24)15(18,19)20)10-6-21-14(26-10)22-13(25)12-7(16)3-2-4-8(12)17;1-24-11(5-13(23-24)15(18,19)20)12-7-22-14(25-12)21-6-8-9(16)3-2-4-10(8)17/h2-6H,1H3,(H,21,22,25);2-5,7H,6H2,1H3,(H,21,22). The summed E-state index contributed by atoms with van der Waals surface area (Å²) in [5, 5.41) is 12.1. The molecule has 0 saturated heterocycles. The van der Waals surface area contributed by atoms with Gasteiger partial charge in [-0.3, -0.25) is 19.5 Å². The number of carbonyl (C=O) groups excluding carboxylic acids is 1. The first kappa shape index (κ1) is 37.0. The van der Waals surface area contributed by atoms with Crippen LogP contribution >= 0.6 is 22.7 Å². The van der Waals surface area contributed by atoms with Crippen LogP contribution < -0.4 is 10.6 Å². The van der Waals surface area contributed by atoms with Gasteiger partial charge in [-0.1, -0.05) is 34.8 Å². The number of aromatic nitrogens is 6. The number of hydrogen-bond donors (Lipinski definition) is 2. The zero-order chi connectivity index (χ0) is 37.2. The molecule has 2 aromatic carbocycles. The smallest absolute Gasteiger partial charge is 0.357 e. The van der Waals surface area contributed by atoms with Crippen LogP contribution in [0.2, 0.25) is 0 Å². The van der Waals surface area contributed by atoms with Crippen molar-refractivity contribution in [3.05, 3.63) is 107 Å². The summed E-state index contributed by atoms with van der Waals surface area (Å²) in [4.78, 5) is 20.6. The third kappa shape index (κ3) is 8.53. The van der Waals surface area contributed by atoms with Crippen LogP contribution in [0.1, 0.15) is 27.3 Å². The minimum Gasteiger partial charge on any atom is -0.357 e. The minimum absolute atomic E-state index is 0.0255. The SMILES string of the molecule is Cn1nc(C(F)(F)F)cc1-c1cnc(NC(=O)c2c(F)cccc2F)s1.Cn1nc(C(F)(F)F)cc1-c1cnc(NCc2c(F)cccc2F)s1. The van der Waals surface area contributed by atoms with Gasteiger partial charge in [-0.05, 0) is 36.4 Å². The lowest BCUT2D eigenvalue weighted by molar-refractivity contribution is -0.142. The molecular formula is C30H20F10N8OS2. The Balaban J connectivity index is 0.000000198. The molecule has 0 aliphatic rings. The second kappa shape index (κ2) is 14.5. The van der Waals surface area contributed by atoms with E-state index < -0.39 is 58.5 Å². The molecule has 6 aromatic rings. The lowest BCUT2D eigenvalue weighted by Gasteiger charge is -2.05. The second-order valence-corrected chi connectivity index (χ2v) is 12.3. The van der Waals surface area contributed by atoms with Gasteiger partial charge in [-0.25, -0.2) is 27.5 Å². The Bertz CT molecular complexity index is 2140. The Morgan fingerprint density at radius 2 is 1.14 bits per heavy atom. The molecule has 6 rings (SSSR count). The molecule has 9 nitrogen and oxygen atoms in total. The molecule has 0 atom stereocenters. The van der Waals surface area contributed by atoms with Gasteiger partial charge in [0, 0.05) is 38.6 Å². The fourth-order valence-corrected chi connectivity index (χ4v) is 6.05. The maximum absolute atomic E-state index is 13.6. The van der Waals surface area contributed by atoms with Crippen molar-refractivity contribution in [3.8, 4) is 21.1 Å². The van der Waals surface area contributed by atoms with Crippen LogP contribution in [0, 0.1) is 23.3 Å². The van der Waals surface area contributed by atoms with Gasteiger partial charge in [-0.2, -0.15) is 36.5 Å². The second-order valence-electron chi connectivity index (χ2n) is 10.2. The predicted octanol–water partition coefficient (Wildman–Crippen LogP) is 8.55. The number of benzene rings is 2. The Labute approximate surface area is 288 Å². The van der Waals surface area contributed by atoms with E-state index in [0.29, 0.717) is 14.9 Å². The number of thiazole rings is 2. The minimum atomic E-state index is -4.60. The number of nitrogens with zero attached hydrogens (tertiary/aromatic N) is 6. The summed E-state index contributed by atoms with van der Waals surface area (Å²) in [6.45, 7) is -0.134. The molecular weight excluding hydrogens is 742 g/mol. The Kier molecular flexibility index (Phi) is 10.5. The highest BCUT2D eigenvalue weighted by Crippen LogP contribution is 2.36. The number of aryl methyl sites for hydroxylation is 2. The quantitative estimate of drug-likeness (QED) is 0.158. The molecule has 0 fully saturated rings. The zero-order valence-electron chi connectivity index (χ0n) is 25.7. The summed E-state index contributed by atoms with van der Waals surface area (Å²) in [5.41, 5.74) is -2.60. The summed E-state index contributed by atoms with van der Waals surface area (Å²) in [6.07, 6.45) is -6.53. The normalized spacial score (nSPS) is 11.7. The van der Waals surface area contributed by atoms with Crippen LogP contribution in [0.25, 0.3) is 21.1 Å². The first-order valence-electron chi connectivity index (χ1n) is 14.0. The lowest BCUT2D eigenvalue weighted by Crippen LogP contribution is -2.15. The topological polar surface area (TPSA) is 103 Å². The van der Waals surface area contributed by atoms with Crippen molar-refractivity contribution < 1.29 is 48.7 Å². The third-order valence-corrected chi connectivity index (χ3v) is 8.66. The van der Waals surface area contributed by atoms with Gasteiger partial charge in [0.25, 0.3) is 5.91 Å². The molecule has 0 aliphatic carbocycles. The highest BCUT2D eigenvalue weighted by Gasteiger charge is 2.36. The number of carbonyl (C=O) groups is 1.